The zero-order chi connectivity index (χ0) is 22.8. The minimum Gasteiger partial charge on any atom is -0.490 e. The normalized spacial score (nSPS) is 10.7. The summed E-state index contributed by atoms with van der Waals surface area (Å²) in [6.07, 6.45) is 1.53. The van der Waals surface area contributed by atoms with E-state index in [0.717, 1.165) is 15.6 Å². The van der Waals surface area contributed by atoms with Gasteiger partial charge in [0.05, 0.1) is 12.8 Å². The second kappa shape index (κ2) is 12.1. The first-order valence-electron chi connectivity index (χ1n) is 9.88. The van der Waals surface area contributed by atoms with Gasteiger partial charge in [0, 0.05) is 9.50 Å². The third kappa shape index (κ3) is 7.59. The van der Waals surface area contributed by atoms with Crippen molar-refractivity contribution in [2.45, 2.75) is 13.5 Å². The molecule has 3 rings (SSSR count). The third-order valence-corrected chi connectivity index (χ3v) is 4.94. The Labute approximate surface area is 200 Å². The number of amides is 1. The van der Waals surface area contributed by atoms with Crippen LogP contribution in [0.5, 0.6) is 17.2 Å². The molecule has 0 aliphatic heterocycles. The summed E-state index contributed by atoms with van der Waals surface area (Å²) >= 11 is 9.26. The fourth-order valence-electron chi connectivity index (χ4n) is 2.63. The van der Waals surface area contributed by atoms with Crippen molar-refractivity contribution in [1.29, 1.82) is 0 Å². The predicted molar refractivity (Wildman–Crippen MR) is 129 cm³/mol. The molecule has 0 spiro atoms. The van der Waals surface area contributed by atoms with E-state index in [1.54, 1.807) is 24.3 Å². The van der Waals surface area contributed by atoms with Gasteiger partial charge in [-0.1, -0.05) is 39.7 Å². The number of halogens is 2. The van der Waals surface area contributed by atoms with E-state index in [0.29, 0.717) is 35.5 Å². The molecular formula is C24H22BrClN2O4. The van der Waals surface area contributed by atoms with Gasteiger partial charge in [-0.05, 0) is 72.6 Å². The topological polar surface area (TPSA) is 69.2 Å². The number of nitrogens with zero attached hydrogens (tertiary/aromatic N) is 1. The minimum absolute atomic E-state index is 0.138. The first-order valence-corrected chi connectivity index (χ1v) is 11.0. The molecule has 0 fully saturated rings. The first-order chi connectivity index (χ1) is 15.5. The average Bonchev–Trinajstić information content (AvgIpc) is 2.79. The molecule has 32 heavy (non-hydrogen) atoms. The van der Waals surface area contributed by atoms with Gasteiger partial charge in [-0.15, -0.1) is 0 Å². The van der Waals surface area contributed by atoms with E-state index in [1.165, 1.54) is 6.21 Å². The maximum absolute atomic E-state index is 11.9. The van der Waals surface area contributed by atoms with Crippen LogP contribution in [0.25, 0.3) is 0 Å². The Bertz CT molecular complexity index is 1060. The van der Waals surface area contributed by atoms with Crippen molar-refractivity contribution >= 4 is 39.7 Å². The number of benzene rings is 3. The number of rotatable bonds is 10. The number of hydrogen-bond donors (Lipinski definition) is 1. The second-order valence-corrected chi connectivity index (χ2v) is 7.94. The van der Waals surface area contributed by atoms with Crippen LogP contribution in [0.4, 0.5) is 0 Å². The molecule has 0 aliphatic carbocycles. The van der Waals surface area contributed by atoms with Crippen LogP contribution in [0.2, 0.25) is 5.02 Å². The Kier molecular flexibility index (Phi) is 8.95. The molecule has 0 atom stereocenters. The van der Waals surface area contributed by atoms with E-state index >= 15 is 0 Å². The number of hydrazone groups is 1. The lowest BCUT2D eigenvalue weighted by molar-refractivity contribution is -0.123. The van der Waals surface area contributed by atoms with E-state index in [9.17, 15) is 4.79 Å². The highest BCUT2D eigenvalue weighted by atomic mass is 79.9. The van der Waals surface area contributed by atoms with Crippen LogP contribution in [0.15, 0.2) is 76.3 Å². The summed E-state index contributed by atoms with van der Waals surface area (Å²) < 4.78 is 17.9. The van der Waals surface area contributed by atoms with E-state index in [2.05, 4.69) is 26.5 Å². The van der Waals surface area contributed by atoms with Gasteiger partial charge < -0.3 is 14.2 Å². The van der Waals surface area contributed by atoms with E-state index < -0.39 is 0 Å². The highest BCUT2D eigenvalue weighted by Gasteiger charge is 2.07. The summed E-state index contributed by atoms with van der Waals surface area (Å²) in [5.74, 6) is 1.45. The first kappa shape index (κ1) is 23.6. The Balaban J connectivity index is 1.54. The summed E-state index contributed by atoms with van der Waals surface area (Å²) in [4.78, 5) is 11.9. The van der Waals surface area contributed by atoms with Gasteiger partial charge >= 0.3 is 0 Å². The Morgan fingerprint density at radius 2 is 1.75 bits per heavy atom. The molecule has 0 aromatic heterocycles. The van der Waals surface area contributed by atoms with Gasteiger partial charge in [0.1, 0.15) is 12.4 Å². The van der Waals surface area contributed by atoms with Crippen molar-refractivity contribution in [1.82, 2.24) is 5.43 Å². The standard InChI is InChI=1S/C24H22BrClN2O4/c1-2-30-23-13-18(5-12-22(23)32-15-17-3-8-20(26)9-4-17)14-27-28-24(29)16-31-21-10-6-19(25)7-11-21/h3-14H,2,15-16H2,1H3,(H,28,29)/b27-14+. The molecule has 0 bridgehead atoms. The summed E-state index contributed by atoms with van der Waals surface area (Å²) in [5, 5.41) is 4.66. The molecule has 3 aromatic rings. The van der Waals surface area contributed by atoms with Crippen molar-refractivity contribution in [3.8, 4) is 17.2 Å². The average molecular weight is 518 g/mol. The summed E-state index contributed by atoms with van der Waals surface area (Å²) in [6, 6.07) is 20.1. The van der Waals surface area contributed by atoms with Crippen molar-refractivity contribution in [2.24, 2.45) is 5.10 Å². The van der Waals surface area contributed by atoms with Crippen molar-refractivity contribution < 1.29 is 19.0 Å². The van der Waals surface area contributed by atoms with Gasteiger partial charge in [-0.3, -0.25) is 4.79 Å². The minimum atomic E-state index is -0.364. The largest absolute Gasteiger partial charge is 0.490 e. The SMILES string of the molecule is CCOc1cc(/C=N/NC(=O)COc2ccc(Br)cc2)ccc1OCc1ccc(Cl)cc1. The molecule has 1 N–H and O–H groups in total. The van der Waals surface area contributed by atoms with Crippen LogP contribution in [0, 0.1) is 0 Å². The molecule has 0 heterocycles. The van der Waals surface area contributed by atoms with Crippen LogP contribution < -0.4 is 19.6 Å². The van der Waals surface area contributed by atoms with Crippen LogP contribution in [-0.4, -0.2) is 25.3 Å². The van der Waals surface area contributed by atoms with Crippen LogP contribution in [-0.2, 0) is 11.4 Å². The Morgan fingerprint density at radius 3 is 2.47 bits per heavy atom. The lowest BCUT2D eigenvalue weighted by atomic mass is 10.2. The van der Waals surface area contributed by atoms with Crippen LogP contribution in [0.3, 0.4) is 0 Å². The molecule has 0 saturated heterocycles. The number of ether oxygens (including phenoxy) is 3. The van der Waals surface area contributed by atoms with Crippen LogP contribution >= 0.6 is 27.5 Å². The number of carbonyl (C=O) groups excluding carboxylic acids is 1. The van der Waals surface area contributed by atoms with E-state index in [4.69, 9.17) is 25.8 Å². The van der Waals surface area contributed by atoms with Crippen molar-refractivity contribution in [3.05, 3.63) is 87.4 Å². The van der Waals surface area contributed by atoms with Crippen molar-refractivity contribution in [2.75, 3.05) is 13.2 Å². The second-order valence-electron chi connectivity index (χ2n) is 6.59. The monoisotopic (exact) mass is 516 g/mol. The maximum Gasteiger partial charge on any atom is 0.277 e. The predicted octanol–water partition coefficient (Wildman–Crippen LogP) is 5.61. The molecule has 166 valence electrons. The van der Waals surface area contributed by atoms with Crippen LogP contribution in [0.1, 0.15) is 18.1 Å². The number of hydrogen-bond acceptors (Lipinski definition) is 5. The van der Waals surface area contributed by atoms with E-state index in [1.807, 2.05) is 49.4 Å². The van der Waals surface area contributed by atoms with Gasteiger partial charge in [-0.2, -0.15) is 5.10 Å². The number of nitrogens with one attached hydrogen (secondary N) is 1. The van der Waals surface area contributed by atoms with Gasteiger partial charge in [0.25, 0.3) is 5.91 Å². The number of carbonyl (C=O) groups is 1. The quantitative estimate of drug-likeness (QED) is 0.280. The summed E-state index contributed by atoms with van der Waals surface area (Å²) in [5.41, 5.74) is 4.19. The van der Waals surface area contributed by atoms with Crippen molar-refractivity contribution in [3.63, 3.8) is 0 Å². The fraction of sp³-hybridized carbons (Fsp3) is 0.167. The molecular weight excluding hydrogens is 496 g/mol. The maximum atomic E-state index is 11.9. The highest BCUT2D eigenvalue weighted by Crippen LogP contribution is 2.29. The smallest absolute Gasteiger partial charge is 0.277 e. The fourth-order valence-corrected chi connectivity index (χ4v) is 3.02. The summed E-state index contributed by atoms with van der Waals surface area (Å²) in [7, 11) is 0. The van der Waals surface area contributed by atoms with Gasteiger partial charge in [0.2, 0.25) is 0 Å². The van der Waals surface area contributed by atoms with Gasteiger partial charge in [0.15, 0.2) is 18.1 Å². The zero-order valence-corrected chi connectivity index (χ0v) is 19.7. The molecule has 3 aromatic carbocycles. The Morgan fingerprint density at radius 1 is 1.00 bits per heavy atom. The molecule has 1 amide bonds. The lowest BCUT2D eigenvalue weighted by Crippen LogP contribution is -2.24. The van der Waals surface area contributed by atoms with Gasteiger partial charge in [-0.25, -0.2) is 5.43 Å². The third-order valence-electron chi connectivity index (χ3n) is 4.16. The lowest BCUT2D eigenvalue weighted by Gasteiger charge is -2.12. The highest BCUT2D eigenvalue weighted by molar-refractivity contribution is 9.10. The molecule has 6 nitrogen and oxygen atoms in total. The molecule has 0 aliphatic rings. The molecule has 0 saturated carbocycles. The summed E-state index contributed by atoms with van der Waals surface area (Å²) in [6.45, 7) is 2.64. The Hall–Kier alpha value is -3.03. The van der Waals surface area contributed by atoms with E-state index in [-0.39, 0.29) is 12.5 Å². The molecule has 0 radical (unpaired) electrons. The zero-order valence-electron chi connectivity index (χ0n) is 17.4. The molecule has 8 heteroatoms. The molecule has 0 unspecified atom stereocenters.